The zero-order valence-electron chi connectivity index (χ0n) is 8.35. The summed E-state index contributed by atoms with van der Waals surface area (Å²) in [4.78, 5) is 0. The Hall–Kier alpha value is -0.720. The van der Waals surface area contributed by atoms with Crippen LogP contribution in [0.5, 0.6) is 0 Å². The Morgan fingerprint density at radius 3 is 2.75 bits per heavy atom. The van der Waals surface area contributed by atoms with Crippen LogP contribution in [0.15, 0.2) is 23.5 Å². The molecule has 1 rings (SSSR count). The first-order chi connectivity index (χ1) is 5.68. The maximum absolute atomic E-state index is 3.23. The third kappa shape index (κ3) is 3.12. The standard InChI is InChI=1S/C11H19N/c1-9(2)6-11-5-4-10(3)7-12-8-11/h7-9,12H,4-6H2,1-3H3. The Balaban J connectivity index is 2.44. The van der Waals surface area contributed by atoms with Gasteiger partial charge in [-0.2, -0.15) is 0 Å². The highest BCUT2D eigenvalue weighted by atomic mass is 14.8. The molecule has 1 N–H and O–H groups in total. The summed E-state index contributed by atoms with van der Waals surface area (Å²) < 4.78 is 0. The lowest BCUT2D eigenvalue weighted by atomic mass is 9.99. The first kappa shape index (κ1) is 9.37. The number of rotatable bonds is 2. The van der Waals surface area contributed by atoms with Crippen LogP contribution >= 0.6 is 0 Å². The van der Waals surface area contributed by atoms with E-state index in [0.717, 1.165) is 5.92 Å². The fourth-order valence-corrected chi connectivity index (χ4v) is 1.49. The van der Waals surface area contributed by atoms with E-state index in [-0.39, 0.29) is 0 Å². The predicted octanol–water partition coefficient (Wildman–Crippen LogP) is 3.20. The predicted molar refractivity (Wildman–Crippen MR) is 53.7 cm³/mol. The average Bonchev–Trinajstić information content (AvgIpc) is 2.15. The van der Waals surface area contributed by atoms with E-state index >= 15 is 0 Å². The van der Waals surface area contributed by atoms with Crippen molar-refractivity contribution in [1.29, 1.82) is 0 Å². The maximum Gasteiger partial charge on any atom is -0.000341 e. The van der Waals surface area contributed by atoms with Crippen LogP contribution in [0, 0.1) is 5.92 Å². The molecule has 0 amide bonds. The van der Waals surface area contributed by atoms with Gasteiger partial charge < -0.3 is 5.32 Å². The molecule has 0 radical (unpaired) electrons. The van der Waals surface area contributed by atoms with Gasteiger partial charge >= 0.3 is 0 Å². The Morgan fingerprint density at radius 1 is 1.33 bits per heavy atom. The molecule has 0 unspecified atom stereocenters. The molecule has 0 bridgehead atoms. The van der Waals surface area contributed by atoms with Crippen LogP contribution in [0.3, 0.4) is 0 Å². The summed E-state index contributed by atoms with van der Waals surface area (Å²) in [5.41, 5.74) is 3.00. The Kier molecular flexibility index (Phi) is 3.39. The van der Waals surface area contributed by atoms with E-state index in [4.69, 9.17) is 0 Å². The van der Waals surface area contributed by atoms with Crippen molar-refractivity contribution < 1.29 is 0 Å². The van der Waals surface area contributed by atoms with Gasteiger partial charge in [0.2, 0.25) is 0 Å². The van der Waals surface area contributed by atoms with Crippen molar-refractivity contribution in [3.8, 4) is 0 Å². The summed E-state index contributed by atoms with van der Waals surface area (Å²) in [6, 6.07) is 0. The highest BCUT2D eigenvalue weighted by molar-refractivity contribution is 5.12. The van der Waals surface area contributed by atoms with Gasteiger partial charge in [0, 0.05) is 0 Å². The average molecular weight is 165 g/mol. The van der Waals surface area contributed by atoms with Crippen molar-refractivity contribution >= 4 is 0 Å². The van der Waals surface area contributed by atoms with Crippen LogP contribution in [-0.4, -0.2) is 0 Å². The summed E-state index contributed by atoms with van der Waals surface area (Å²) in [7, 11) is 0. The van der Waals surface area contributed by atoms with Gasteiger partial charge in [0.25, 0.3) is 0 Å². The minimum Gasteiger partial charge on any atom is -0.368 e. The zero-order chi connectivity index (χ0) is 8.97. The third-order valence-electron chi connectivity index (χ3n) is 2.13. The number of nitrogens with one attached hydrogen (secondary N) is 1. The highest BCUT2D eigenvalue weighted by Gasteiger charge is 2.04. The van der Waals surface area contributed by atoms with Crippen molar-refractivity contribution in [2.24, 2.45) is 5.92 Å². The molecule has 0 spiro atoms. The molecule has 1 heteroatoms. The summed E-state index contributed by atoms with van der Waals surface area (Å²) in [5.74, 6) is 0.774. The first-order valence-electron chi connectivity index (χ1n) is 4.78. The van der Waals surface area contributed by atoms with E-state index in [0.29, 0.717) is 0 Å². The number of allylic oxidation sites excluding steroid dienone is 2. The second kappa shape index (κ2) is 4.34. The van der Waals surface area contributed by atoms with Crippen molar-refractivity contribution in [2.45, 2.75) is 40.0 Å². The lowest BCUT2D eigenvalue weighted by molar-refractivity contribution is 0.623. The third-order valence-corrected chi connectivity index (χ3v) is 2.13. The summed E-state index contributed by atoms with van der Waals surface area (Å²) >= 11 is 0. The highest BCUT2D eigenvalue weighted by Crippen LogP contribution is 2.19. The van der Waals surface area contributed by atoms with E-state index in [2.05, 4.69) is 38.5 Å². The minimum absolute atomic E-state index is 0.774. The fraction of sp³-hybridized carbons (Fsp3) is 0.636. The molecular formula is C11H19N. The second-order valence-electron chi connectivity index (χ2n) is 4.06. The van der Waals surface area contributed by atoms with Gasteiger partial charge in [-0.05, 0) is 44.5 Å². The molecule has 68 valence electrons. The quantitative estimate of drug-likeness (QED) is 0.662. The van der Waals surface area contributed by atoms with Gasteiger partial charge in [-0.15, -0.1) is 0 Å². The largest absolute Gasteiger partial charge is 0.368 e. The van der Waals surface area contributed by atoms with Crippen LogP contribution in [0.1, 0.15) is 40.0 Å². The van der Waals surface area contributed by atoms with Crippen LogP contribution in [0.25, 0.3) is 0 Å². The van der Waals surface area contributed by atoms with Gasteiger partial charge in [-0.1, -0.05) is 25.0 Å². The Bertz CT molecular complexity index is 199. The molecule has 0 atom stereocenters. The van der Waals surface area contributed by atoms with Crippen molar-refractivity contribution in [1.82, 2.24) is 5.32 Å². The first-order valence-corrected chi connectivity index (χ1v) is 4.78. The molecule has 1 aliphatic rings. The normalized spacial score (nSPS) is 18.0. The molecule has 0 aromatic carbocycles. The molecule has 0 aliphatic carbocycles. The lowest BCUT2D eigenvalue weighted by Gasteiger charge is -2.07. The molecule has 0 aromatic heterocycles. The maximum atomic E-state index is 3.23. The molecule has 0 saturated carbocycles. The summed E-state index contributed by atoms with van der Waals surface area (Å²) in [5, 5.41) is 3.23. The van der Waals surface area contributed by atoms with Crippen LogP contribution in [0.4, 0.5) is 0 Å². The van der Waals surface area contributed by atoms with E-state index in [1.165, 1.54) is 24.8 Å². The number of hydrogen-bond donors (Lipinski definition) is 1. The van der Waals surface area contributed by atoms with Crippen LogP contribution < -0.4 is 5.32 Å². The van der Waals surface area contributed by atoms with Gasteiger partial charge in [0.05, 0.1) is 0 Å². The molecule has 1 heterocycles. The molecule has 12 heavy (non-hydrogen) atoms. The van der Waals surface area contributed by atoms with E-state index in [1.807, 2.05) is 0 Å². The Labute approximate surface area is 75.6 Å². The van der Waals surface area contributed by atoms with Gasteiger partial charge in [0.15, 0.2) is 0 Å². The Morgan fingerprint density at radius 2 is 2.08 bits per heavy atom. The van der Waals surface area contributed by atoms with Gasteiger partial charge in [0.1, 0.15) is 0 Å². The van der Waals surface area contributed by atoms with Gasteiger partial charge in [-0.3, -0.25) is 0 Å². The van der Waals surface area contributed by atoms with E-state index in [9.17, 15) is 0 Å². The molecule has 0 aromatic rings. The van der Waals surface area contributed by atoms with Crippen molar-refractivity contribution in [3.63, 3.8) is 0 Å². The minimum atomic E-state index is 0.774. The van der Waals surface area contributed by atoms with E-state index in [1.54, 1.807) is 5.57 Å². The monoisotopic (exact) mass is 165 g/mol. The number of hydrogen-bond acceptors (Lipinski definition) is 1. The lowest BCUT2D eigenvalue weighted by Crippen LogP contribution is -1.96. The molecular weight excluding hydrogens is 146 g/mol. The molecule has 0 fully saturated rings. The van der Waals surface area contributed by atoms with Gasteiger partial charge in [-0.25, -0.2) is 0 Å². The fourth-order valence-electron chi connectivity index (χ4n) is 1.49. The second-order valence-corrected chi connectivity index (χ2v) is 4.06. The van der Waals surface area contributed by atoms with Crippen LogP contribution in [-0.2, 0) is 0 Å². The van der Waals surface area contributed by atoms with Crippen molar-refractivity contribution in [2.75, 3.05) is 0 Å². The smallest absolute Gasteiger partial charge is 0.000341 e. The van der Waals surface area contributed by atoms with E-state index < -0.39 is 0 Å². The van der Waals surface area contributed by atoms with Crippen LogP contribution in [0.2, 0.25) is 0 Å². The topological polar surface area (TPSA) is 12.0 Å². The molecule has 1 nitrogen and oxygen atoms in total. The molecule has 0 saturated heterocycles. The SMILES string of the molecule is CC1=CNC=C(CC(C)C)CC1. The zero-order valence-corrected chi connectivity index (χ0v) is 8.35. The summed E-state index contributed by atoms with van der Waals surface area (Å²) in [6.45, 7) is 6.72. The molecule has 1 aliphatic heterocycles. The van der Waals surface area contributed by atoms with Crippen molar-refractivity contribution in [3.05, 3.63) is 23.5 Å². The summed E-state index contributed by atoms with van der Waals surface area (Å²) in [6.07, 6.45) is 7.94.